The fourth-order valence-electron chi connectivity index (χ4n) is 2.96. The van der Waals surface area contributed by atoms with Crippen LogP contribution in [0.1, 0.15) is 11.1 Å². The van der Waals surface area contributed by atoms with Crippen molar-refractivity contribution < 1.29 is 18.9 Å². The van der Waals surface area contributed by atoms with Crippen molar-refractivity contribution in [2.75, 3.05) is 39.5 Å². The molecular formula is C25H32IN5O4. The second kappa shape index (κ2) is 16.5. The molecule has 0 aliphatic carbocycles. The predicted octanol–water partition coefficient (Wildman–Crippen LogP) is 4.32. The van der Waals surface area contributed by atoms with E-state index in [4.69, 9.17) is 18.9 Å². The van der Waals surface area contributed by atoms with Crippen molar-refractivity contribution in [3.63, 3.8) is 0 Å². The molecule has 0 amide bonds. The zero-order valence-electron chi connectivity index (χ0n) is 20.6. The highest BCUT2D eigenvalue weighted by atomic mass is 127. The molecule has 3 aromatic rings. The highest BCUT2D eigenvalue weighted by Crippen LogP contribution is 2.23. The summed E-state index contributed by atoms with van der Waals surface area (Å²) in [7, 11) is 6.64. The summed E-state index contributed by atoms with van der Waals surface area (Å²) in [5, 5.41) is 7.69. The van der Waals surface area contributed by atoms with Crippen LogP contribution < -0.4 is 18.9 Å². The summed E-state index contributed by atoms with van der Waals surface area (Å²) in [5.74, 6) is 3.33. The molecule has 1 aliphatic heterocycles. The zero-order chi connectivity index (χ0) is 25.3. The quantitative estimate of drug-likeness (QED) is 0.271. The Kier molecular flexibility index (Phi) is 13.2. The van der Waals surface area contributed by atoms with Crippen LogP contribution in [-0.4, -0.2) is 67.0 Å². The average molecular weight is 593 g/mol. The number of halogens is 1. The molecule has 0 N–H and O–H groups in total. The van der Waals surface area contributed by atoms with Gasteiger partial charge < -0.3 is 18.9 Å². The fourth-order valence-corrected chi connectivity index (χ4v) is 3.58. The van der Waals surface area contributed by atoms with Gasteiger partial charge in [-0.1, -0.05) is 27.8 Å². The molecule has 0 saturated carbocycles. The molecule has 2 heterocycles. The number of aromatic nitrogens is 3. The lowest BCUT2D eigenvalue weighted by Gasteiger charge is -2.08. The minimum absolute atomic E-state index is 0.639. The number of rotatable bonds is 9. The molecule has 1 aromatic heterocycles. The van der Waals surface area contributed by atoms with E-state index < -0.39 is 0 Å². The maximum absolute atomic E-state index is 5.22. The van der Waals surface area contributed by atoms with Crippen molar-refractivity contribution in [2.45, 2.75) is 19.4 Å². The molecule has 4 rings (SSSR count). The van der Waals surface area contributed by atoms with Gasteiger partial charge in [0.1, 0.15) is 29.7 Å². The SMILES string of the molecule is C1=NCN=C1.COc1cc(CCI)cc(OC)c1.COc1cc(CCn2ccnn2)cc(OC)c1. The fraction of sp³-hybridized carbons (Fsp3) is 0.360. The summed E-state index contributed by atoms with van der Waals surface area (Å²) < 4.78 is 23.7. The minimum Gasteiger partial charge on any atom is -0.497 e. The Labute approximate surface area is 220 Å². The summed E-state index contributed by atoms with van der Waals surface area (Å²) in [6.07, 6.45) is 8.81. The smallest absolute Gasteiger partial charge is 0.129 e. The van der Waals surface area contributed by atoms with E-state index >= 15 is 0 Å². The molecule has 9 nitrogen and oxygen atoms in total. The third kappa shape index (κ3) is 10.8. The van der Waals surface area contributed by atoms with Crippen molar-refractivity contribution in [3.05, 3.63) is 59.9 Å². The number of hydrogen-bond acceptors (Lipinski definition) is 8. The van der Waals surface area contributed by atoms with E-state index in [0.717, 1.165) is 52.4 Å². The number of hydrogen-bond donors (Lipinski definition) is 0. The number of aliphatic imine (C=N–C) groups is 2. The van der Waals surface area contributed by atoms with E-state index in [1.165, 1.54) is 5.56 Å². The first-order chi connectivity index (χ1) is 17.1. The number of alkyl halides is 1. The van der Waals surface area contributed by atoms with Gasteiger partial charge in [0.05, 0.1) is 34.6 Å². The molecular weight excluding hydrogens is 561 g/mol. The number of methoxy groups -OCH3 is 4. The standard InChI is InChI=1S/C12H15N3O2.C10H13IO2.C3H4N2/c1-16-11-7-10(8-12(9-11)17-2)3-5-15-6-4-13-14-15;1-12-9-5-8(3-4-11)6-10(7-9)13-2;1-2-5-3-4-1/h4,6-9H,3,5H2,1-2H3;5-7H,3-4H2,1-2H3;1-2H,3H2. The Morgan fingerprint density at radius 3 is 1.57 bits per heavy atom. The summed E-state index contributed by atoms with van der Waals surface area (Å²) in [6.45, 7) is 1.43. The molecule has 188 valence electrons. The van der Waals surface area contributed by atoms with Crippen LogP contribution in [-0.2, 0) is 19.4 Å². The molecule has 0 unspecified atom stereocenters. The minimum atomic E-state index is 0.639. The van der Waals surface area contributed by atoms with E-state index in [0.29, 0.717) is 6.67 Å². The van der Waals surface area contributed by atoms with Gasteiger partial charge in [0.15, 0.2) is 0 Å². The van der Waals surface area contributed by atoms with Gasteiger partial charge in [-0.25, -0.2) is 0 Å². The van der Waals surface area contributed by atoms with E-state index in [2.05, 4.69) is 42.9 Å². The van der Waals surface area contributed by atoms with Crippen LogP contribution >= 0.6 is 22.6 Å². The topological polar surface area (TPSA) is 92.4 Å². The molecule has 10 heteroatoms. The van der Waals surface area contributed by atoms with E-state index in [9.17, 15) is 0 Å². The molecule has 0 saturated heterocycles. The third-order valence-electron chi connectivity index (χ3n) is 4.75. The second-order valence-electron chi connectivity index (χ2n) is 7.10. The van der Waals surface area contributed by atoms with Crippen molar-refractivity contribution in [1.29, 1.82) is 0 Å². The molecule has 0 radical (unpaired) electrons. The molecule has 0 atom stereocenters. The first kappa shape index (κ1) is 28.1. The molecule has 0 spiro atoms. The van der Waals surface area contributed by atoms with Crippen LogP contribution in [0.4, 0.5) is 0 Å². The normalized spacial score (nSPS) is 11.1. The van der Waals surface area contributed by atoms with Crippen molar-refractivity contribution in [2.24, 2.45) is 9.98 Å². The largest absolute Gasteiger partial charge is 0.497 e. The number of benzene rings is 2. The predicted molar refractivity (Wildman–Crippen MR) is 147 cm³/mol. The summed E-state index contributed by atoms with van der Waals surface area (Å²) in [5.41, 5.74) is 2.40. The van der Waals surface area contributed by atoms with Crippen molar-refractivity contribution >= 4 is 35.0 Å². The van der Waals surface area contributed by atoms with Crippen LogP contribution in [0.3, 0.4) is 0 Å². The number of aryl methyl sites for hydroxylation is 3. The summed E-state index contributed by atoms with van der Waals surface area (Å²) in [6, 6.07) is 11.8. The van der Waals surface area contributed by atoms with Gasteiger partial charge in [-0.3, -0.25) is 14.7 Å². The van der Waals surface area contributed by atoms with E-state index in [1.807, 2.05) is 42.6 Å². The summed E-state index contributed by atoms with van der Waals surface area (Å²) >= 11 is 2.36. The van der Waals surface area contributed by atoms with Crippen molar-refractivity contribution in [1.82, 2.24) is 15.0 Å². The Balaban J connectivity index is 0.000000211. The van der Waals surface area contributed by atoms with Crippen LogP contribution in [0.25, 0.3) is 0 Å². The number of ether oxygens (including phenoxy) is 4. The first-order valence-corrected chi connectivity index (χ1v) is 12.5. The Bertz CT molecular complexity index is 1000. The highest BCUT2D eigenvalue weighted by molar-refractivity contribution is 14.1. The van der Waals surface area contributed by atoms with E-state index in [1.54, 1.807) is 51.7 Å². The maximum atomic E-state index is 5.22. The summed E-state index contributed by atoms with van der Waals surface area (Å²) in [4.78, 5) is 7.47. The highest BCUT2D eigenvalue weighted by Gasteiger charge is 2.03. The van der Waals surface area contributed by atoms with E-state index in [-0.39, 0.29) is 0 Å². The van der Waals surface area contributed by atoms with Gasteiger partial charge in [0.25, 0.3) is 0 Å². The Morgan fingerprint density at radius 2 is 1.23 bits per heavy atom. The molecule has 1 aliphatic rings. The Hall–Kier alpha value is -3.15. The van der Waals surface area contributed by atoms with Crippen LogP contribution in [0.15, 0.2) is 58.8 Å². The Morgan fingerprint density at radius 1 is 0.743 bits per heavy atom. The number of nitrogens with zero attached hydrogens (tertiary/aromatic N) is 5. The maximum Gasteiger partial charge on any atom is 0.129 e. The lowest BCUT2D eigenvalue weighted by Crippen LogP contribution is -2.02. The average Bonchev–Trinajstić information content (AvgIpc) is 3.65. The third-order valence-corrected chi connectivity index (χ3v) is 5.29. The monoisotopic (exact) mass is 593 g/mol. The molecule has 0 fully saturated rings. The van der Waals surface area contributed by atoms with Gasteiger partial charge in [0.2, 0.25) is 0 Å². The lowest BCUT2D eigenvalue weighted by atomic mass is 10.1. The molecule has 0 bridgehead atoms. The lowest BCUT2D eigenvalue weighted by molar-refractivity contribution is 0.393. The van der Waals surface area contributed by atoms with Gasteiger partial charge in [-0.2, -0.15) is 0 Å². The molecule has 35 heavy (non-hydrogen) atoms. The second-order valence-corrected chi connectivity index (χ2v) is 8.18. The van der Waals surface area contributed by atoms with Gasteiger partial charge in [-0.05, 0) is 48.2 Å². The van der Waals surface area contributed by atoms with Crippen LogP contribution in [0, 0.1) is 0 Å². The first-order valence-electron chi connectivity index (χ1n) is 10.9. The van der Waals surface area contributed by atoms with Gasteiger partial charge >= 0.3 is 0 Å². The zero-order valence-corrected chi connectivity index (χ0v) is 22.7. The van der Waals surface area contributed by atoms with Gasteiger partial charge in [-0.15, -0.1) is 5.10 Å². The van der Waals surface area contributed by atoms with Crippen LogP contribution in [0.5, 0.6) is 23.0 Å². The van der Waals surface area contributed by atoms with Gasteiger partial charge in [0, 0.05) is 41.7 Å². The van der Waals surface area contributed by atoms with Crippen LogP contribution in [0.2, 0.25) is 0 Å². The molecule has 2 aromatic carbocycles. The van der Waals surface area contributed by atoms with Crippen molar-refractivity contribution in [3.8, 4) is 23.0 Å².